The van der Waals surface area contributed by atoms with E-state index in [0.29, 0.717) is 52.9 Å². The molecule has 154 valence electrons. The van der Waals surface area contributed by atoms with E-state index in [2.05, 4.69) is 22.6 Å². The van der Waals surface area contributed by atoms with E-state index in [9.17, 15) is 4.79 Å². The second-order valence-corrected chi connectivity index (χ2v) is 4.35. The highest BCUT2D eigenvalue weighted by Gasteiger charge is 1.97. The number of hydrogen-bond donors (Lipinski definition) is 2. The highest BCUT2D eigenvalue weighted by molar-refractivity contribution is 5.60. The normalized spacial score (nSPS) is 9.77. The first-order valence-electron chi connectivity index (χ1n) is 8.26. The van der Waals surface area contributed by atoms with Gasteiger partial charge in [0.15, 0.2) is 0 Å². The Bertz CT molecular complexity index is 283. The summed E-state index contributed by atoms with van der Waals surface area (Å²) in [5.74, 6) is 0. The molecule has 0 aromatic carbocycles. The van der Waals surface area contributed by atoms with Crippen LogP contribution in [0.1, 0.15) is 0 Å². The predicted octanol–water partition coefficient (Wildman–Crippen LogP) is 0.549. The van der Waals surface area contributed by atoms with E-state index >= 15 is 0 Å². The van der Waals surface area contributed by atoms with E-state index in [0.717, 1.165) is 0 Å². The molecule has 0 atom stereocenters. The van der Waals surface area contributed by atoms with Gasteiger partial charge in [-0.15, -0.1) is 0 Å². The second kappa shape index (κ2) is 25.7. The lowest BCUT2D eigenvalue weighted by Crippen LogP contribution is -2.13. The Kier molecular flexibility index (Phi) is 26.5. The number of carbonyl (C=O) groups excluding carboxylic acids is 1. The maximum absolute atomic E-state index is 10.4. The lowest BCUT2D eigenvalue weighted by atomic mass is 10.7. The van der Waals surface area contributed by atoms with Gasteiger partial charge in [0.05, 0.1) is 66.1 Å². The molecule has 9 heteroatoms. The average molecular weight is 380 g/mol. The van der Waals surface area contributed by atoms with E-state index in [-0.39, 0.29) is 26.4 Å². The molecule has 0 spiro atoms. The first-order valence-corrected chi connectivity index (χ1v) is 8.26. The van der Waals surface area contributed by atoms with Crippen LogP contribution in [0.4, 0.5) is 4.79 Å². The van der Waals surface area contributed by atoms with Crippen molar-refractivity contribution in [2.24, 2.45) is 0 Å². The smallest absolute Gasteiger partial charge is 0.430 e. The summed E-state index contributed by atoms with van der Waals surface area (Å²) in [6, 6.07) is 0. The van der Waals surface area contributed by atoms with Crippen LogP contribution in [0, 0.1) is 0 Å². The number of aliphatic hydroxyl groups is 2. The molecule has 0 radical (unpaired) electrons. The fourth-order valence-electron chi connectivity index (χ4n) is 1.19. The molecule has 0 aliphatic carbocycles. The third-order valence-corrected chi connectivity index (χ3v) is 2.23. The van der Waals surface area contributed by atoms with Crippen molar-refractivity contribution in [3.63, 3.8) is 0 Å². The van der Waals surface area contributed by atoms with Crippen LogP contribution in [0.2, 0.25) is 0 Å². The van der Waals surface area contributed by atoms with Gasteiger partial charge in [0.2, 0.25) is 0 Å². The molecule has 0 fully saturated rings. The van der Waals surface area contributed by atoms with E-state index in [1.165, 1.54) is 12.2 Å². The molecule has 0 saturated heterocycles. The molecule has 0 aliphatic heterocycles. The van der Waals surface area contributed by atoms with Crippen LogP contribution < -0.4 is 0 Å². The van der Waals surface area contributed by atoms with Gasteiger partial charge in [-0.1, -0.05) is 25.3 Å². The van der Waals surface area contributed by atoms with E-state index in [4.69, 9.17) is 29.2 Å². The number of rotatable bonds is 17. The molecule has 0 heterocycles. The molecule has 9 nitrogen and oxygen atoms in total. The zero-order chi connectivity index (χ0) is 19.7. The van der Waals surface area contributed by atoms with Crippen molar-refractivity contribution in [3.8, 4) is 0 Å². The van der Waals surface area contributed by atoms with E-state index in [1.807, 2.05) is 0 Å². The highest BCUT2D eigenvalue weighted by Crippen LogP contribution is 1.85. The Morgan fingerprint density at radius 3 is 1.23 bits per heavy atom. The minimum absolute atomic E-state index is 0.0386. The van der Waals surface area contributed by atoms with Crippen molar-refractivity contribution in [1.29, 1.82) is 0 Å². The summed E-state index contributed by atoms with van der Waals surface area (Å²) in [5.41, 5.74) is 0. The Labute approximate surface area is 155 Å². The number of aliphatic hydroxyl groups excluding tert-OH is 2. The lowest BCUT2D eigenvalue weighted by molar-refractivity contribution is -0.00856. The summed E-state index contributed by atoms with van der Waals surface area (Å²) in [6.45, 7) is 10.9. The van der Waals surface area contributed by atoms with Gasteiger partial charge in [-0.25, -0.2) is 4.79 Å². The monoisotopic (exact) mass is 380 g/mol. The molecule has 0 bridgehead atoms. The van der Waals surface area contributed by atoms with Crippen molar-refractivity contribution in [3.05, 3.63) is 25.3 Å². The Hall–Kier alpha value is -1.49. The molecule has 0 unspecified atom stereocenters. The quantitative estimate of drug-likeness (QED) is 0.212. The molecule has 26 heavy (non-hydrogen) atoms. The van der Waals surface area contributed by atoms with Crippen molar-refractivity contribution in [1.82, 2.24) is 0 Å². The fourth-order valence-corrected chi connectivity index (χ4v) is 1.19. The molecular weight excluding hydrogens is 348 g/mol. The number of hydrogen-bond acceptors (Lipinski definition) is 9. The summed E-state index contributed by atoms with van der Waals surface area (Å²) >= 11 is 0. The van der Waals surface area contributed by atoms with E-state index < -0.39 is 6.16 Å². The lowest BCUT2D eigenvalue weighted by Gasteiger charge is -2.06. The SMILES string of the molecule is C=CCOC(=O)OCC=C.OCCOCCOCCOCCOCCO. The van der Waals surface area contributed by atoms with Crippen LogP contribution in [0.3, 0.4) is 0 Å². The summed E-state index contributed by atoms with van der Waals surface area (Å²) in [5, 5.41) is 16.8. The zero-order valence-electron chi connectivity index (χ0n) is 15.3. The van der Waals surface area contributed by atoms with Crippen molar-refractivity contribution < 1.29 is 43.4 Å². The van der Waals surface area contributed by atoms with Crippen molar-refractivity contribution in [2.45, 2.75) is 0 Å². The van der Waals surface area contributed by atoms with Crippen LogP contribution in [0.15, 0.2) is 25.3 Å². The molecule has 2 N–H and O–H groups in total. The summed E-state index contributed by atoms with van der Waals surface area (Å²) < 4.78 is 29.3. The first-order chi connectivity index (χ1) is 12.7. The molecule has 0 saturated carbocycles. The molecular formula is C17H32O9. The van der Waals surface area contributed by atoms with Gasteiger partial charge >= 0.3 is 6.16 Å². The topological polar surface area (TPSA) is 113 Å². The second-order valence-electron chi connectivity index (χ2n) is 4.35. The number of ether oxygens (including phenoxy) is 6. The fraction of sp³-hybridized carbons (Fsp3) is 0.706. The van der Waals surface area contributed by atoms with Gasteiger partial charge in [0.1, 0.15) is 13.2 Å². The molecule has 0 amide bonds. The Balaban J connectivity index is 0. The Morgan fingerprint density at radius 2 is 0.962 bits per heavy atom. The standard InChI is InChI=1S/C10H22O6.C7H10O3/c11-1-3-13-5-7-15-9-10-16-8-6-14-4-2-12;1-3-5-9-7(8)10-6-4-2/h11-12H,1-10H2;3-4H,1-2,5-6H2. The number of carbonyl (C=O) groups is 1. The van der Waals surface area contributed by atoms with Crippen molar-refractivity contribution >= 4 is 6.16 Å². The van der Waals surface area contributed by atoms with Gasteiger partial charge in [-0.05, 0) is 0 Å². The van der Waals surface area contributed by atoms with Crippen LogP contribution >= 0.6 is 0 Å². The molecule has 0 aliphatic rings. The van der Waals surface area contributed by atoms with Crippen LogP contribution in [-0.4, -0.2) is 95.7 Å². The van der Waals surface area contributed by atoms with Gasteiger partial charge < -0.3 is 38.6 Å². The molecule has 0 rings (SSSR count). The maximum atomic E-state index is 10.4. The molecule has 0 aromatic rings. The molecule has 0 aromatic heterocycles. The van der Waals surface area contributed by atoms with Crippen LogP contribution in [0.25, 0.3) is 0 Å². The summed E-state index contributed by atoms with van der Waals surface area (Å²) in [4.78, 5) is 10.4. The largest absolute Gasteiger partial charge is 0.508 e. The van der Waals surface area contributed by atoms with Crippen LogP contribution in [-0.2, 0) is 28.4 Å². The Morgan fingerprint density at radius 1 is 0.654 bits per heavy atom. The van der Waals surface area contributed by atoms with Gasteiger partial charge in [0.25, 0.3) is 0 Å². The third kappa shape index (κ3) is 27.4. The summed E-state index contributed by atoms with van der Waals surface area (Å²) in [6.07, 6.45) is 2.24. The van der Waals surface area contributed by atoms with Crippen LogP contribution in [0.5, 0.6) is 0 Å². The minimum atomic E-state index is -0.695. The first kappa shape index (κ1) is 26.7. The third-order valence-electron chi connectivity index (χ3n) is 2.23. The maximum Gasteiger partial charge on any atom is 0.508 e. The van der Waals surface area contributed by atoms with Gasteiger partial charge in [-0.3, -0.25) is 0 Å². The minimum Gasteiger partial charge on any atom is -0.430 e. The van der Waals surface area contributed by atoms with Gasteiger partial charge in [-0.2, -0.15) is 0 Å². The van der Waals surface area contributed by atoms with E-state index in [1.54, 1.807) is 0 Å². The average Bonchev–Trinajstić information content (AvgIpc) is 2.66. The van der Waals surface area contributed by atoms with Gasteiger partial charge in [0, 0.05) is 0 Å². The zero-order valence-corrected chi connectivity index (χ0v) is 15.3. The summed E-state index contributed by atoms with van der Waals surface area (Å²) in [7, 11) is 0. The highest BCUT2D eigenvalue weighted by atomic mass is 16.7. The predicted molar refractivity (Wildman–Crippen MR) is 95.1 cm³/mol. The van der Waals surface area contributed by atoms with Crippen molar-refractivity contribution in [2.75, 3.05) is 79.3 Å².